The van der Waals surface area contributed by atoms with Gasteiger partial charge in [-0.05, 0) is 150 Å². The monoisotopic (exact) mass is 898 g/mol. The van der Waals surface area contributed by atoms with Gasteiger partial charge in [-0.1, -0.05) is 189 Å². The first-order valence-electron chi connectivity index (χ1n) is 25.5. The van der Waals surface area contributed by atoms with Gasteiger partial charge in [-0.2, -0.15) is 0 Å². The predicted octanol–water partition coefficient (Wildman–Crippen LogP) is 16.4. The van der Waals surface area contributed by atoms with Crippen molar-refractivity contribution < 1.29 is 0 Å². The lowest BCUT2D eigenvalue weighted by Crippen LogP contribution is -2.32. The summed E-state index contributed by atoms with van der Waals surface area (Å²) in [7, 11) is 0. The molecule has 0 amide bonds. The van der Waals surface area contributed by atoms with Crippen LogP contribution in [0.3, 0.4) is 0 Å². The van der Waals surface area contributed by atoms with E-state index in [-0.39, 0.29) is 23.8 Å². The molecule has 14 rings (SSSR count). The van der Waals surface area contributed by atoms with Crippen LogP contribution in [0.15, 0.2) is 235 Å². The third-order valence-electron chi connectivity index (χ3n) is 16.5. The first-order chi connectivity index (χ1) is 34.6. The van der Waals surface area contributed by atoms with Crippen molar-refractivity contribution in [3.05, 3.63) is 274 Å². The van der Waals surface area contributed by atoms with Gasteiger partial charge in [-0.3, -0.25) is 4.99 Å². The number of nitrogens with zero attached hydrogens (tertiary/aromatic N) is 2. The van der Waals surface area contributed by atoms with Gasteiger partial charge >= 0.3 is 0 Å². The van der Waals surface area contributed by atoms with E-state index in [9.17, 15) is 0 Å². The molecule has 0 saturated heterocycles. The molecule has 1 aromatic heterocycles. The Bertz CT molecular complexity index is 3680. The first-order valence-corrected chi connectivity index (χ1v) is 25.5. The van der Waals surface area contributed by atoms with Gasteiger partial charge in [0.25, 0.3) is 0 Å². The Morgan fingerprint density at radius 1 is 0.614 bits per heavy atom. The summed E-state index contributed by atoms with van der Waals surface area (Å²) in [6, 6.07) is 47.7. The maximum absolute atomic E-state index is 5.80. The van der Waals surface area contributed by atoms with Gasteiger partial charge in [0.05, 0.1) is 11.7 Å². The summed E-state index contributed by atoms with van der Waals surface area (Å²) >= 11 is 0. The molecule has 2 heterocycles. The minimum atomic E-state index is -0.112. The fourth-order valence-corrected chi connectivity index (χ4v) is 13.1. The van der Waals surface area contributed by atoms with Crippen molar-refractivity contribution in [3.63, 3.8) is 0 Å². The summed E-state index contributed by atoms with van der Waals surface area (Å²) in [5, 5.41) is 5.10. The molecule has 0 spiro atoms. The highest BCUT2D eigenvalue weighted by atomic mass is 15.0. The molecule has 2 heteroatoms. The zero-order valence-corrected chi connectivity index (χ0v) is 39.4. The summed E-state index contributed by atoms with van der Waals surface area (Å²) in [4.78, 5) is 5.80. The van der Waals surface area contributed by atoms with Crippen LogP contribution in [0.4, 0.5) is 0 Å². The standard InChI is InChI=1S/C68H54N2/c1-43-35-48(49-28-27-44-15-5-6-19-47(44)36-49)30-33-64(46-17-3-2-4-18-46)69-68(43)63-42-53(37-51-20-8-9-21-56(51)63)62-41-54-38-52-39-55(32-29-50(52)40-61(54)58-23-11-12-24-59(58)62)70-65-26-14-13-25-60(65)67-57-22-10-7-16-45(57)31-34-66(67)70/h2-12,14-24,26-32,34,36-40,42,45,56-57,62-63,68H,1,13,25,33,35,41H2/b48-30+,69-64?. The lowest BCUT2D eigenvalue weighted by Gasteiger charge is -2.38. The molecule has 336 valence electrons. The number of hydrogen-bond donors (Lipinski definition) is 0. The van der Waals surface area contributed by atoms with Gasteiger partial charge in [0.1, 0.15) is 0 Å². The minimum absolute atomic E-state index is 0.100. The van der Waals surface area contributed by atoms with Crippen molar-refractivity contribution in [1.82, 2.24) is 4.57 Å². The molecule has 2 nitrogen and oxygen atoms in total. The van der Waals surface area contributed by atoms with Crippen molar-refractivity contribution in [2.45, 2.75) is 50.0 Å². The summed E-state index contributed by atoms with van der Waals surface area (Å²) in [5.41, 5.74) is 21.3. The summed E-state index contributed by atoms with van der Waals surface area (Å²) in [6.07, 6.45) is 40.2. The number of rotatable bonds is 5. The maximum atomic E-state index is 5.80. The Kier molecular flexibility index (Phi) is 9.83. The molecule has 70 heavy (non-hydrogen) atoms. The Hall–Kier alpha value is -7.81. The number of benzene rings is 6. The molecule has 7 aliphatic rings. The van der Waals surface area contributed by atoms with Crippen LogP contribution < -0.4 is 0 Å². The lowest BCUT2D eigenvalue weighted by molar-refractivity contribution is 0.460. The largest absolute Gasteiger partial charge is 0.310 e. The topological polar surface area (TPSA) is 17.3 Å². The summed E-state index contributed by atoms with van der Waals surface area (Å²) in [5.74, 6) is 1.30. The Morgan fingerprint density at radius 2 is 1.43 bits per heavy atom. The summed E-state index contributed by atoms with van der Waals surface area (Å²) in [6.45, 7) is 4.95. The molecule has 0 bridgehead atoms. The fourth-order valence-electron chi connectivity index (χ4n) is 13.1. The predicted molar refractivity (Wildman–Crippen MR) is 295 cm³/mol. The second-order valence-corrected chi connectivity index (χ2v) is 20.4. The highest BCUT2D eigenvalue weighted by Gasteiger charge is 2.38. The van der Waals surface area contributed by atoms with E-state index >= 15 is 0 Å². The molecule has 6 atom stereocenters. The van der Waals surface area contributed by atoms with Crippen LogP contribution >= 0.6 is 0 Å². The van der Waals surface area contributed by atoms with Crippen LogP contribution in [0.1, 0.15) is 75.9 Å². The van der Waals surface area contributed by atoms with E-state index in [1.54, 1.807) is 0 Å². The molecule has 0 N–H and O–H groups in total. The van der Waals surface area contributed by atoms with E-state index in [1.165, 1.54) is 99.8 Å². The molecule has 6 aromatic carbocycles. The van der Waals surface area contributed by atoms with Gasteiger partial charge in [0.15, 0.2) is 0 Å². The molecule has 7 aromatic rings. The molecule has 0 saturated carbocycles. The highest BCUT2D eigenvalue weighted by molar-refractivity contribution is 6.03. The highest BCUT2D eigenvalue weighted by Crippen LogP contribution is 2.50. The zero-order valence-electron chi connectivity index (χ0n) is 39.4. The number of hydrogen-bond acceptors (Lipinski definition) is 1. The second-order valence-electron chi connectivity index (χ2n) is 20.4. The van der Waals surface area contributed by atoms with Gasteiger partial charge < -0.3 is 4.57 Å². The summed E-state index contributed by atoms with van der Waals surface area (Å²) < 4.78 is 2.55. The van der Waals surface area contributed by atoms with Gasteiger partial charge in [-0.25, -0.2) is 0 Å². The lowest BCUT2D eigenvalue weighted by atomic mass is 9.67. The quantitative estimate of drug-likeness (QED) is 0.153. The molecular formula is C68H54N2. The van der Waals surface area contributed by atoms with Crippen LogP contribution in [0.2, 0.25) is 0 Å². The van der Waals surface area contributed by atoms with Gasteiger partial charge in [0, 0.05) is 53.1 Å². The van der Waals surface area contributed by atoms with Crippen molar-refractivity contribution in [3.8, 4) is 16.8 Å². The Labute approximate surface area is 411 Å². The van der Waals surface area contributed by atoms with E-state index in [1.807, 2.05) is 0 Å². The average Bonchev–Trinajstić information content (AvgIpc) is 3.76. The number of aromatic nitrogens is 1. The van der Waals surface area contributed by atoms with Crippen LogP contribution in [0.5, 0.6) is 0 Å². The third kappa shape index (κ3) is 6.87. The van der Waals surface area contributed by atoms with Crippen molar-refractivity contribution in [1.29, 1.82) is 0 Å². The minimum Gasteiger partial charge on any atom is -0.310 e. The van der Waals surface area contributed by atoms with Gasteiger partial charge in [0.2, 0.25) is 0 Å². The fraction of sp³-hybridized carbons (Fsp3) is 0.162. The smallest absolute Gasteiger partial charge is 0.0785 e. The van der Waals surface area contributed by atoms with Crippen LogP contribution in [0.25, 0.3) is 56.1 Å². The van der Waals surface area contributed by atoms with Gasteiger partial charge in [-0.15, -0.1) is 0 Å². The average molecular weight is 899 g/mol. The van der Waals surface area contributed by atoms with E-state index in [0.717, 1.165) is 43.4 Å². The van der Waals surface area contributed by atoms with Crippen LogP contribution in [0, 0.1) is 17.8 Å². The number of fused-ring (bicyclic) bond motifs is 11. The number of allylic oxidation sites excluding steroid dienone is 15. The molecular weight excluding hydrogens is 845 g/mol. The normalized spacial score (nSPS) is 24.5. The first kappa shape index (κ1) is 41.2. The van der Waals surface area contributed by atoms with Crippen LogP contribution in [-0.4, -0.2) is 16.3 Å². The van der Waals surface area contributed by atoms with E-state index < -0.39 is 0 Å². The Morgan fingerprint density at radius 3 is 2.37 bits per heavy atom. The van der Waals surface area contributed by atoms with E-state index in [0.29, 0.717) is 11.8 Å². The Balaban J connectivity index is 0.862. The molecule has 0 fully saturated rings. The molecule has 6 unspecified atom stereocenters. The van der Waals surface area contributed by atoms with Crippen molar-refractivity contribution in [2.75, 3.05) is 0 Å². The SMILES string of the molecule is C=C1C/C(c2ccc3ccccc3c2)=C\CC(c2ccccc2)=NC1C1C=C(C2Cc3cc4cc(-n5c6c(c7c5C=CC5C=CC=CC75)CCC=C6)ccc4cc3-c3ccccc32)C=C2C=CC=CC21. The van der Waals surface area contributed by atoms with Crippen molar-refractivity contribution >= 4 is 45.0 Å². The zero-order chi connectivity index (χ0) is 46.3. The van der Waals surface area contributed by atoms with Crippen LogP contribution in [-0.2, 0) is 12.8 Å². The maximum Gasteiger partial charge on any atom is 0.0785 e. The third-order valence-corrected chi connectivity index (χ3v) is 16.5. The molecule has 6 aliphatic carbocycles. The van der Waals surface area contributed by atoms with E-state index in [4.69, 9.17) is 11.6 Å². The molecule has 0 radical (unpaired) electrons. The van der Waals surface area contributed by atoms with E-state index in [2.05, 4.69) is 223 Å². The molecule has 1 aliphatic heterocycles. The van der Waals surface area contributed by atoms with Crippen molar-refractivity contribution in [2.24, 2.45) is 22.7 Å². The second kappa shape index (κ2) is 16.7. The number of aliphatic imine (C=N–C) groups is 1.